The van der Waals surface area contributed by atoms with Gasteiger partial charge in [0, 0.05) is 26.2 Å². The Balaban J connectivity index is 1.41. The number of hydrogen-bond acceptors (Lipinski definition) is 5. The van der Waals surface area contributed by atoms with Gasteiger partial charge in [-0.15, -0.1) is 11.3 Å². The molecule has 0 spiro atoms. The van der Waals surface area contributed by atoms with Crippen LogP contribution in [-0.2, 0) is 0 Å². The molecule has 0 unspecified atom stereocenters. The minimum Gasteiger partial charge on any atom is -0.506 e. The second-order valence-electron chi connectivity index (χ2n) is 7.41. The largest absolute Gasteiger partial charge is 0.506 e. The summed E-state index contributed by atoms with van der Waals surface area (Å²) in [6.45, 7) is 2.50. The summed E-state index contributed by atoms with van der Waals surface area (Å²) in [6, 6.07) is 23.0. The second-order valence-corrected chi connectivity index (χ2v) is 8.36. The minimum absolute atomic E-state index is 0.0314. The van der Waals surface area contributed by atoms with Gasteiger partial charge in [0.05, 0.1) is 16.3 Å². The molecule has 1 aliphatic heterocycles. The smallest absolute Gasteiger partial charge is 0.272 e. The van der Waals surface area contributed by atoms with Crippen molar-refractivity contribution in [1.82, 2.24) is 14.7 Å². The third-order valence-corrected chi connectivity index (χ3v) is 6.38. The Bertz CT molecular complexity index is 1180. The van der Waals surface area contributed by atoms with E-state index in [0.29, 0.717) is 31.9 Å². The van der Waals surface area contributed by atoms with Gasteiger partial charge in [0.2, 0.25) is 0 Å². The van der Waals surface area contributed by atoms with E-state index in [9.17, 15) is 9.90 Å². The summed E-state index contributed by atoms with van der Waals surface area (Å²) < 4.78 is 1.74. The highest BCUT2D eigenvalue weighted by atomic mass is 32.1. The van der Waals surface area contributed by atoms with Gasteiger partial charge in [-0.3, -0.25) is 4.79 Å². The van der Waals surface area contributed by atoms with E-state index in [-0.39, 0.29) is 11.7 Å². The summed E-state index contributed by atoms with van der Waals surface area (Å²) in [5.41, 5.74) is 3.03. The van der Waals surface area contributed by atoms with Crippen LogP contribution in [0.2, 0.25) is 0 Å². The van der Waals surface area contributed by atoms with Crippen molar-refractivity contribution in [2.24, 2.45) is 0 Å². The molecule has 2 aromatic heterocycles. The number of phenols is 1. The topological polar surface area (TPSA) is 61.6 Å². The normalized spacial score (nSPS) is 14.1. The fraction of sp³-hybridized carbons (Fsp3) is 0.167. The number of carbonyl (C=O) groups is 1. The highest BCUT2D eigenvalue weighted by Gasteiger charge is 2.27. The van der Waals surface area contributed by atoms with Crippen LogP contribution in [0.5, 0.6) is 5.75 Å². The van der Waals surface area contributed by atoms with Crippen molar-refractivity contribution in [1.29, 1.82) is 0 Å². The Hall–Kier alpha value is -3.58. The predicted molar refractivity (Wildman–Crippen MR) is 123 cm³/mol. The van der Waals surface area contributed by atoms with Crippen LogP contribution < -0.4 is 4.90 Å². The molecule has 1 aliphatic rings. The number of phenolic OH excluding ortho intramolecular Hbond substituents is 1. The summed E-state index contributed by atoms with van der Waals surface area (Å²) in [5.74, 6) is 0.237. The Morgan fingerprint density at radius 3 is 2.35 bits per heavy atom. The van der Waals surface area contributed by atoms with Crippen molar-refractivity contribution in [2.45, 2.75) is 0 Å². The average Bonchev–Trinajstić information content (AvgIpc) is 3.50. The van der Waals surface area contributed by atoms with Gasteiger partial charge < -0.3 is 14.9 Å². The van der Waals surface area contributed by atoms with Crippen molar-refractivity contribution in [2.75, 3.05) is 31.1 Å². The fourth-order valence-corrected chi connectivity index (χ4v) is 4.57. The van der Waals surface area contributed by atoms with Crippen LogP contribution in [0.3, 0.4) is 0 Å². The number of aromatic nitrogens is 2. The molecule has 1 saturated heterocycles. The molecule has 0 bridgehead atoms. The average molecular weight is 431 g/mol. The molecule has 1 N–H and O–H groups in total. The first-order valence-corrected chi connectivity index (χ1v) is 11.1. The molecular weight excluding hydrogens is 408 g/mol. The molecule has 2 aromatic carbocycles. The van der Waals surface area contributed by atoms with Gasteiger partial charge >= 0.3 is 0 Å². The van der Waals surface area contributed by atoms with Crippen LogP contribution in [0.4, 0.5) is 5.69 Å². The highest BCUT2D eigenvalue weighted by Crippen LogP contribution is 2.29. The summed E-state index contributed by atoms with van der Waals surface area (Å²) in [6.07, 6.45) is 0. The molecule has 4 aromatic rings. The first-order valence-electron chi connectivity index (χ1n) is 10.2. The van der Waals surface area contributed by atoms with Crippen LogP contribution in [0.25, 0.3) is 16.3 Å². The zero-order valence-corrected chi connectivity index (χ0v) is 17.7. The maximum absolute atomic E-state index is 13.5. The van der Waals surface area contributed by atoms with Gasteiger partial charge in [0.25, 0.3) is 5.91 Å². The minimum atomic E-state index is -0.0314. The highest BCUT2D eigenvalue weighted by molar-refractivity contribution is 7.13. The molecule has 1 fully saturated rings. The van der Waals surface area contributed by atoms with E-state index in [1.54, 1.807) is 22.1 Å². The molecular formula is C24H22N4O2S. The number of hydrogen-bond donors (Lipinski definition) is 1. The van der Waals surface area contributed by atoms with Gasteiger partial charge in [-0.2, -0.15) is 5.10 Å². The number of benzene rings is 2. The molecule has 0 atom stereocenters. The van der Waals surface area contributed by atoms with Crippen molar-refractivity contribution in [3.8, 4) is 22.0 Å². The fourth-order valence-electron chi connectivity index (χ4n) is 3.89. The number of thiophene rings is 1. The van der Waals surface area contributed by atoms with Crippen molar-refractivity contribution >= 4 is 22.9 Å². The lowest BCUT2D eigenvalue weighted by Gasteiger charge is -2.36. The number of rotatable bonds is 4. The third kappa shape index (κ3) is 3.80. The summed E-state index contributed by atoms with van der Waals surface area (Å²) >= 11 is 1.61. The van der Waals surface area contributed by atoms with Crippen LogP contribution in [0.1, 0.15) is 10.5 Å². The molecule has 6 nitrogen and oxygen atoms in total. The molecule has 0 aliphatic carbocycles. The number of carbonyl (C=O) groups excluding carboxylic acids is 1. The summed E-state index contributed by atoms with van der Waals surface area (Å²) in [5, 5.41) is 16.9. The quantitative estimate of drug-likeness (QED) is 0.525. The Morgan fingerprint density at radius 2 is 1.65 bits per heavy atom. The van der Waals surface area contributed by atoms with Gasteiger partial charge in [-0.25, -0.2) is 4.68 Å². The first kappa shape index (κ1) is 19.4. The lowest BCUT2D eigenvalue weighted by Crippen LogP contribution is -2.49. The lowest BCUT2D eigenvalue weighted by molar-refractivity contribution is 0.0737. The number of piperazine rings is 1. The SMILES string of the molecule is O=C(c1cc(-c2cccs2)nn1-c1ccccc1)N1CCN(c2ccccc2O)CC1. The van der Waals surface area contributed by atoms with E-state index in [2.05, 4.69) is 4.90 Å². The van der Waals surface area contributed by atoms with E-state index in [0.717, 1.165) is 21.9 Å². The van der Waals surface area contributed by atoms with Crippen molar-refractivity contribution < 1.29 is 9.90 Å². The van der Waals surface area contributed by atoms with Crippen molar-refractivity contribution in [3.05, 3.63) is 83.9 Å². The van der Waals surface area contributed by atoms with Gasteiger partial charge in [0.15, 0.2) is 0 Å². The Morgan fingerprint density at radius 1 is 0.903 bits per heavy atom. The molecule has 3 heterocycles. The molecule has 0 radical (unpaired) electrons. The standard InChI is InChI=1S/C24H22N4O2S/c29-22-10-5-4-9-20(22)26-12-14-27(15-13-26)24(30)21-17-19(23-11-6-16-31-23)25-28(21)18-7-2-1-3-8-18/h1-11,16-17,29H,12-15H2. The van der Waals surface area contributed by atoms with E-state index in [1.165, 1.54) is 0 Å². The third-order valence-electron chi connectivity index (χ3n) is 5.49. The van der Waals surface area contributed by atoms with Gasteiger partial charge in [-0.05, 0) is 41.8 Å². The first-order chi connectivity index (χ1) is 15.2. The molecule has 0 saturated carbocycles. The number of aromatic hydroxyl groups is 1. The number of para-hydroxylation sites is 3. The van der Waals surface area contributed by atoms with Crippen molar-refractivity contribution in [3.63, 3.8) is 0 Å². The van der Waals surface area contributed by atoms with E-state index in [4.69, 9.17) is 5.10 Å². The maximum atomic E-state index is 13.5. The van der Waals surface area contributed by atoms with Crippen LogP contribution in [-0.4, -0.2) is 51.9 Å². The van der Waals surface area contributed by atoms with Crippen LogP contribution in [0, 0.1) is 0 Å². The maximum Gasteiger partial charge on any atom is 0.272 e. The second kappa shape index (κ2) is 8.28. The molecule has 31 heavy (non-hydrogen) atoms. The van der Waals surface area contributed by atoms with Gasteiger partial charge in [-0.1, -0.05) is 36.4 Å². The molecule has 5 rings (SSSR count). The summed E-state index contributed by atoms with van der Waals surface area (Å²) in [7, 11) is 0. The van der Waals surface area contributed by atoms with E-state index < -0.39 is 0 Å². The molecule has 7 heteroatoms. The Labute approximate surface area is 184 Å². The van der Waals surface area contributed by atoms with Gasteiger partial charge in [0.1, 0.15) is 17.1 Å². The predicted octanol–water partition coefficient (Wildman–Crippen LogP) is 4.27. The Kier molecular flexibility index (Phi) is 5.18. The summed E-state index contributed by atoms with van der Waals surface area (Å²) in [4.78, 5) is 18.5. The monoisotopic (exact) mass is 430 g/mol. The number of nitrogens with zero attached hydrogens (tertiary/aromatic N) is 4. The van der Waals surface area contributed by atoms with E-state index in [1.807, 2.05) is 77.0 Å². The lowest BCUT2D eigenvalue weighted by atomic mass is 10.2. The van der Waals surface area contributed by atoms with Crippen LogP contribution >= 0.6 is 11.3 Å². The van der Waals surface area contributed by atoms with Crippen LogP contribution in [0.15, 0.2) is 78.2 Å². The zero-order valence-electron chi connectivity index (χ0n) is 16.9. The molecule has 156 valence electrons. The number of amides is 1. The zero-order chi connectivity index (χ0) is 21.2. The number of anilines is 1. The van der Waals surface area contributed by atoms with E-state index >= 15 is 0 Å². The molecule has 1 amide bonds.